The number of thiophene rings is 1. The molecule has 0 spiro atoms. The van der Waals surface area contributed by atoms with E-state index in [1.54, 1.807) is 18.4 Å². The normalized spacial score (nSPS) is 16.3. The Bertz CT molecular complexity index is 1080. The molecule has 5 nitrogen and oxygen atoms in total. The van der Waals surface area contributed by atoms with E-state index >= 15 is 0 Å². The fourth-order valence-corrected chi connectivity index (χ4v) is 5.60. The second-order valence-electron chi connectivity index (χ2n) is 7.87. The number of carbonyl (C=O) groups is 1. The third kappa shape index (κ3) is 4.25. The van der Waals surface area contributed by atoms with Crippen LogP contribution in [-0.4, -0.2) is 44.2 Å². The monoisotopic (exact) mass is 458 g/mol. The number of amides is 1. The summed E-state index contributed by atoms with van der Waals surface area (Å²) in [5.74, 6) is 1.45. The van der Waals surface area contributed by atoms with Crippen LogP contribution >= 0.6 is 23.7 Å². The van der Waals surface area contributed by atoms with Crippen molar-refractivity contribution < 1.29 is 14.3 Å². The molecule has 0 radical (unpaired) electrons. The molecule has 3 heterocycles. The number of fused-ring (bicyclic) bond motifs is 3. The molecule has 3 aromatic rings. The van der Waals surface area contributed by atoms with Crippen LogP contribution in [0.5, 0.6) is 11.5 Å². The molecule has 7 heteroatoms. The molecule has 1 saturated heterocycles. The number of benzene rings is 2. The molecule has 5 rings (SSSR count). The van der Waals surface area contributed by atoms with Gasteiger partial charge in [0.25, 0.3) is 5.91 Å². The maximum absolute atomic E-state index is 13.2. The summed E-state index contributed by atoms with van der Waals surface area (Å²) in [5.41, 5.74) is 1.69. The standard InChI is InChI=1S/C24H26N2O3S.ClH/c1-28-19-10-9-17(15-20(19)29-14-13-25-11-5-2-6-12-25)26-16-22-23(24(26)27)18-7-3-4-8-21(18)30-22;/h3-4,7-10,15H,2,5-6,11-14,16H2,1H3;1H. The Morgan fingerprint density at radius 3 is 2.65 bits per heavy atom. The molecule has 0 saturated carbocycles. The average molecular weight is 459 g/mol. The average Bonchev–Trinajstić information content (AvgIpc) is 3.31. The molecule has 0 N–H and O–H groups in total. The van der Waals surface area contributed by atoms with Gasteiger partial charge in [-0.2, -0.15) is 0 Å². The first-order valence-electron chi connectivity index (χ1n) is 10.6. The number of ether oxygens (including phenoxy) is 2. The highest BCUT2D eigenvalue weighted by Gasteiger charge is 2.32. The zero-order valence-electron chi connectivity index (χ0n) is 17.6. The van der Waals surface area contributed by atoms with Crippen LogP contribution in [0.15, 0.2) is 42.5 Å². The van der Waals surface area contributed by atoms with Crippen molar-refractivity contribution in [3.8, 4) is 11.5 Å². The summed E-state index contributed by atoms with van der Waals surface area (Å²) in [6.07, 6.45) is 3.88. The topological polar surface area (TPSA) is 42.0 Å². The van der Waals surface area contributed by atoms with Crippen molar-refractivity contribution >= 4 is 45.4 Å². The van der Waals surface area contributed by atoms with Crippen LogP contribution in [-0.2, 0) is 6.54 Å². The summed E-state index contributed by atoms with van der Waals surface area (Å²) in [5, 5.41) is 1.05. The van der Waals surface area contributed by atoms with E-state index in [0.29, 0.717) is 24.7 Å². The van der Waals surface area contributed by atoms with Crippen LogP contribution < -0.4 is 14.4 Å². The Hall–Kier alpha value is -2.28. The molecule has 1 amide bonds. The Morgan fingerprint density at radius 2 is 1.84 bits per heavy atom. The van der Waals surface area contributed by atoms with E-state index in [0.717, 1.165) is 41.1 Å². The number of nitrogens with zero attached hydrogens (tertiary/aromatic N) is 2. The quantitative estimate of drug-likeness (QED) is 0.499. The molecule has 2 aliphatic rings. The van der Waals surface area contributed by atoms with Crippen LogP contribution in [0.2, 0.25) is 0 Å². The number of piperidine rings is 1. The van der Waals surface area contributed by atoms with Crippen molar-refractivity contribution in [3.05, 3.63) is 52.9 Å². The van der Waals surface area contributed by atoms with E-state index in [9.17, 15) is 4.79 Å². The minimum Gasteiger partial charge on any atom is -0.493 e. The Labute approximate surface area is 193 Å². The van der Waals surface area contributed by atoms with Gasteiger partial charge in [-0.15, -0.1) is 23.7 Å². The van der Waals surface area contributed by atoms with Gasteiger partial charge in [-0.25, -0.2) is 0 Å². The number of carbonyl (C=O) groups excluding carboxylic acids is 1. The van der Waals surface area contributed by atoms with Crippen molar-refractivity contribution in [1.82, 2.24) is 4.90 Å². The van der Waals surface area contributed by atoms with Gasteiger partial charge in [0.1, 0.15) is 6.61 Å². The lowest BCUT2D eigenvalue weighted by Gasteiger charge is -2.26. The number of methoxy groups -OCH3 is 1. The van der Waals surface area contributed by atoms with Gasteiger partial charge in [0.2, 0.25) is 0 Å². The van der Waals surface area contributed by atoms with Crippen LogP contribution in [0.25, 0.3) is 10.1 Å². The van der Waals surface area contributed by atoms with Crippen molar-refractivity contribution in [2.45, 2.75) is 25.8 Å². The lowest BCUT2D eigenvalue weighted by Crippen LogP contribution is -2.33. The number of anilines is 1. The fourth-order valence-electron chi connectivity index (χ4n) is 4.41. The highest BCUT2D eigenvalue weighted by Crippen LogP contribution is 2.41. The zero-order valence-corrected chi connectivity index (χ0v) is 19.3. The summed E-state index contributed by atoms with van der Waals surface area (Å²) >= 11 is 1.71. The van der Waals surface area contributed by atoms with Crippen molar-refractivity contribution in [2.75, 3.05) is 38.3 Å². The molecule has 2 aliphatic heterocycles. The van der Waals surface area contributed by atoms with Gasteiger partial charge in [0.05, 0.1) is 19.2 Å². The van der Waals surface area contributed by atoms with Gasteiger partial charge >= 0.3 is 0 Å². The Morgan fingerprint density at radius 1 is 1.03 bits per heavy atom. The van der Waals surface area contributed by atoms with Crippen LogP contribution in [0.3, 0.4) is 0 Å². The second-order valence-corrected chi connectivity index (χ2v) is 9.01. The van der Waals surface area contributed by atoms with Crippen molar-refractivity contribution in [2.24, 2.45) is 0 Å². The summed E-state index contributed by atoms with van der Waals surface area (Å²) in [4.78, 5) is 18.6. The van der Waals surface area contributed by atoms with Gasteiger partial charge in [0.15, 0.2) is 11.5 Å². The fraction of sp³-hybridized carbons (Fsp3) is 0.375. The number of hydrogen-bond donors (Lipinski definition) is 0. The van der Waals surface area contributed by atoms with Gasteiger partial charge in [-0.3, -0.25) is 9.69 Å². The predicted molar refractivity (Wildman–Crippen MR) is 128 cm³/mol. The summed E-state index contributed by atoms with van der Waals surface area (Å²) in [7, 11) is 1.65. The van der Waals surface area contributed by atoms with Crippen molar-refractivity contribution in [3.63, 3.8) is 0 Å². The minimum atomic E-state index is 0. The minimum absolute atomic E-state index is 0. The molecule has 0 aliphatic carbocycles. The Balaban J connectivity index is 0.00000231. The van der Waals surface area contributed by atoms with E-state index < -0.39 is 0 Å². The molecule has 1 aromatic heterocycles. The molecule has 1 fully saturated rings. The Kier molecular flexibility index (Phi) is 6.70. The number of hydrogen-bond acceptors (Lipinski definition) is 5. The highest BCUT2D eigenvalue weighted by molar-refractivity contribution is 7.19. The summed E-state index contributed by atoms with van der Waals surface area (Å²) < 4.78 is 12.8. The van der Waals surface area contributed by atoms with Gasteiger partial charge in [-0.05, 0) is 44.1 Å². The summed E-state index contributed by atoms with van der Waals surface area (Å²) in [6, 6.07) is 13.9. The third-order valence-electron chi connectivity index (χ3n) is 6.00. The number of halogens is 1. The largest absolute Gasteiger partial charge is 0.493 e. The van der Waals surface area contributed by atoms with E-state index in [1.807, 2.05) is 41.3 Å². The third-order valence-corrected chi connectivity index (χ3v) is 7.16. The zero-order chi connectivity index (χ0) is 20.5. The second kappa shape index (κ2) is 9.47. The number of rotatable bonds is 6. The SMILES string of the molecule is COc1ccc(N2Cc3sc4ccccc4c3C2=O)cc1OCCN1CCCCC1.Cl. The molecular weight excluding hydrogens is 432 g/mol. The first kappa shape index (κ1) is 21.9. The van der Waals surface area contributed by atoms with E-state index in [-0.39, 0.29) is 18.3 Å². The van der Waals surface area contributed by atoms with Gasteiger partial charge in [0, 0.05) is 33.3 Å². The summed E-state index contributed by atoms with van der Waals surface area (Å²) in [6.45, 7) is 4.44. The molecule has 31 heavy (non-hydrogen) atoms. The van der Waals surface area contributed by atoms with E-state index in [2.05, 4.69) is 11.0 Å². The lowest BCUT2D eigenvalue weighted by atomic mass is 10.1. The van der Waals surface area contributed by atoms with E-state index in [4.69, 9.17) is 9.47 Å². The maximum Gasteiger partial charge on any atom is 0.260 e. The smallest absolute Gasteiger partial charge is 0.260 e. The van der Waals surface area contributed by atoms with Crippen LogP contribution in [0.4, 0.5) is 5.69 Å². The lowest BCUT2D eigenvalue weighted by molar-refractivity contribution is 0.0998. The van der Waals surface area contributed by atoms with Crippen molar-refractivity contribution in [1.29, 1.82) is 0 Å². The molecule has 164 valence electrons. The highest BCUT2D eigenvalue weighted by atomic mass is 35.5. The first-order chi connectivity index (χ1) is 14.7. The molecular formula is C24H27ClN2O3S. The molecule has 0 atom stereocenters. The van der Waals surface area contributed by atoms with Crippen LogP contribution in [0.1, 0.15) is 34.5 Å². The van der Waals surface area contributed by atoms with Gasteiger partial charge < -0.3 is 14.4 Å². The maximum atomic E-state index is 13.2. The van der Waals surface area contributed by atoms with E-state index in [1.165, 1.54) is 24.0 Å². The molecule has 0 bridgehead atoms. The number of likely N-dealkylation sites (tertiary alicyclic amines) is 1. The molecule has 2 aromatic carbocycles. The predicted octanol–water partition coefficient (Wildman–Crippen LogP) is 5.36. The first-order valence-corrected chi connectivity index (χ1v) is 11.4. The van der Waals surface area contributed by atoms with Gasteiger partial charge in [-0.1, -0.05) is 24.6 Å². The molecule has 0 unspecified atom stereocenters. The van der Waals surface area contributed by atoms with Crippen LogP contribution in [0, 0.1) is 0 Å².